The lowest BCUT2D eigenvalue weighted by atomic mass is 9.98. The summed E-state index contributed by atoms with van der Waals surface area (Å²) in [5, 5.41) is 0. The van der Waals surface area contributed by atoms with Gasteiger partial charge in [-0.15, -0.1) is 0 Å². The van der Waals surface area contributed by atoms with Gasteiger partial charge in [0.15, 0.2) is 9.84 Å². The van der Waals surface area contributed by atoms with Crippen molar-refractivity contribution in [3.8, 4) is 0 Å². The van der Waals surface area contributed by atoms with E-state index >= 15 is 0 Å². The summed E-state index contributed by atoms with van der Waals surface area (Å²) in [6.45, 7) is 22.5. The van der Waals surface area contributed by atoms with Gasteiger partial charge in [0.25, 0.3) is 9.28 Å². The van der Waals surface area contributed by atoms with E-state index in [-0.39, 0.29) is 11.1 Å². The van der Waals surface area contributed by atoms with E-state index in [4.69, 9.17) is 0 Å². The predicted molar refractivity (Wildman–Crippen MR) is 114 cm³/mol. The molecule has 0 radical (unpaired) electrons. The van der Waals surface area contributed by atoms with Crippen molar-refractivity contribution < 1.29 is 0 Å². The molecule has 0 heterocycles. The van der Waals surface area contributed by atoms with Crippen molar-refractivity contribution in [2.45, 2.75) is 111 Å². The van der Waals surface area contributed by atoms with Crippen molar-refractivity contribution in [3.05, 3.63) is 0 Å². The predicted octanol–water partition coefficient (Wildman–Crippen LogP) is 1.21. The molecule has 0 aromatic carbocycles. The van der Waals surface area contributed by atoms with Crippen molar-refractivity contribution in [3.63, 3.8) is 0 Å². The van der Waals surface area contributed by atoms with Gasteiger partial charge in [-0.3, -0.25) is 0 Å². The topological polar surface area (TPSA) is 60.1 Å². The fourth-order valence-corrected chi connectivity index (χ4v) is 6.02. The molecule has 0 aliphatic heterocycles. The van der Waals surface area contributed by atoms with E-state index in [1.165, 1.54) is 12.8 Å². The van der Waals surface area contributed by atoms with Crippen LogP contribution in [0, 0.1) is 0 Å². The van der Waals surface area contributed by atoms with Crippen LogP contribution in [0.25, 0.3) is 0 Å². The van der Waals surface area contributed by atoms with Gasteiger partial charge in [-0.25, -0.2) is 0 Å². The maximum Gasteiger partial charge on any atom is 0.265 e. The second-order valence-corrected chi connectivity index (χ2v) is 12.3. The second-order valence-electron chi connectivity index (χ2n) is 9.35. The van der Waals surface area contributed by atoms with Gasteiger partial charge < -0.3 is 24.9 Å². The van der Waals surface area contributed by atoms with Crippen LogP contribution in [0.2, 0.25) is 0 Å². The van der Waals surface area contributed by atoms with E-state index in [9.17, 15) is 0 Å². The van der Waals surface area contributed by atoms with Crippen molar-refractivity contribution in [2.24, 2.45) is 0 Å². The highest BCUT2D eigenvalue weighted by molar-refractivity contribution is 6.50. The normalized spacial score (nSPS) is 15.4. The van der Waals surface area contributed by atoms with E-state index in [0.29, 0.717) is 18.1 Å². The Labute approximate surface area is 155 Å². The van der Waals surface area contributed by atoms with Gasteiger partial charge in [0.05, 0.1) is 0 Å². The first kappa shape index (κ1) is 24.2. The summed E-state index contributed by atoms with van der Waals surface area (Å²) in [6, 6.07) is 1.55. The van der Waals surface area contributed by atoms with Crippen LogP contribution in [-0.2, 0) is 0 Å². The molecule has 0 aromatic rings. The first-order chi connectivity index (χ1) is 10.8. The molecule has 0 spiro atoms. The Bertz CT molecular complexity index is 319. The average molecular weight is 376 g/mol. The van der Waals surface area contributed by atoms with Gasteiger partial charge >= 0.3 is 0 Å². The summed E-state index contributed by atoms with van der Waals surface area (Å²) in [5.41, 5.74) is 0.419. The molecule has 7 heteroatoms. The minimum atomic E-state index is -1.31. The quantitative estimate of drug-likeness (QED) is 0.332. The zero-order valence-corrected chi connectivity index (χ0v) is 20.5. The Balaban J connectivity index is 4.25. The molecule has 5 nitrogen and oxygen atoms in total. The van der Waals surface area contributed by atoms with Gasteiger partial charge in [0.1, 0.15) is 0 Å². The van der Waals surface area contributed by atoms with Crippen LogP contribution in [0.15, 0.2) is 0 Å². The molecule has 0 saturated carbocycles. The van der Waals surface area contributed by atoms with E-state index in [1.807, 2.05) is 0 Å². The molecule has 146 valence electrons. The summed E-state index contributed by atoms with van der Waals surface area (Å²) in [5.74, 6) is 0. The van der Waals surface area contributed by atoms with Crippen LogP contribution in [-0.4, -0.2) is 48.3 Å². The Hall–Kier alpha value is 0.234. The van der Waals surface area contributed by atoms with Gasteiger partial charge in [-0.05, 0) is 65.6 Å². The summed E-state index contributed by atoms with van der Waals surface area (Å²) in [7, 11) is -1.74. The molecule has 0 bridgehead atoms. The van der Waals surface area contributed by atoms with E-state index in [0.717, 1.165) is 0 Å². The van der Waals surface area contributed by atoms with Crippen molar-refractivity contribution in [2.75, 3.05) is 0 Å². The lowest BCUT2D eigenvalue weighted by Crippen LogP contribution is -2.63. The number of hydrogen-bond donors (Lipinski definition) is 5. The summed E-state index contributed by atoms with van der Waals surface area (Å²) < 4.78 is 0. The van der Waals surface area contributed by atoms with E-state index < -0.39 is 19.1 Å². The molecule has 0 aliphatic rings. The van der Waals surface area contributed by atoms with Crippen LogP contribution in [0.4, 0.5) is 0 Å². The smallest absolute Gasteiger partial charge is 0.265 e. The summed E-state index contributed by atoms with van der Waals surface area (Å²) in [4.78, 5) is 18.6. The molecule has 1 atom stereocenters. The van der Waals surface area contributed by atoms with Crippen LogP contribution in [0.3, 0.4) is 0 Å². The largest absolute Gasteiger partial charge is 0.326 e. The minimum Gasteiger partial charge on any atom is -0.326 e. The molecule has 24 heavy (non-hydrogen) atoms. The van der Waals surface area contributed by atoms with Gasteiger partial charge in [-0.2, -0.15) is 0 Å². The minimum absolute atomic E-state index is 0.203. The third-order valence-corrected chi connectivity index (χ3v) is 9.11. The Morgan fingerprint density at radius 2 is 1.29 bits per heavy atom. The third kappa shape index (κ3) is 14.6. The zero-order chi connectivity index (χ0) is 19.0. The van der Waals surface area contributed by atoms with Crippen molar-refractivity contribution in [1.82, 2.24) is 24.9 Å². The zero-order valence-electron chi connectivity index (χ0n) is 17.9. The summed E-state index contributed by atoms with van der Waals surface area (Å²) >= 11 is 0. The van der Waals surface area contributed by atoms with Crippen LogP contribution >= 0.6 is 0 Å². The molecule has 1 unspecified atom stereocenters. The number of nitrogens with one attached hydrogen (secondary N) is 5. The van der Waals surface area contributed by atoms with E-state index in [1.54, 1.807) is 0 Å². The lowest BCUT2D eigenvalue weighted by Gasteiger charge is -2.32. The highest BCUT2D eigenvalue weighted by Crippen LogP contribution is 2.12. The van der Waals surface area contributed by atoms with Crippen LogP contribution < -0.4 is 24.9 Å². The van der Waals surface area contributed by atoms with Gasteiger partial charge in [0.2, 0.25) is 0 Å². The molecule has 0 rings (SSSR count). The molecule has 0 aliphatic carbocycles. The standard InChI is InChI=1S/C17H45N5Si2/c1-13(2)18-24(19-14(3)4)20-15(5)11-12-17(9,10)22-23-21-16(6,7)8/h13-15,18-22,24H,11-12,23H2,1-10H3. The molecule has 0 fully saturated rings. The molecular formula is C17H45N5Si2. The SMILES string of the molecule is CC(C)N[SiH](NC(C)C)NC(C)CCC(C)(C)N[SiH2]NC(C)(C)C. The Morgan fingerprint density at radius 1 is 0.792 bits per heavy atom. The lowest BCUT2D eigenvalue weighted by molar-refractivity contribution is 0.388. The fourth-order valence-electron chi connectivity index (χ4n) is 2.39. The maximum absolute atomic E-state index is 3.82. The van der Waals surface area contributed by atoms with Crippen LogP contribution in [0.1, 0.15) is 82.1 Å². The number of rotatable bonds is 12. The van der Waals surface area contributed by atoms with Crippen molar-refractivity contribution in [1.29, 1.82) is 0 Å². The maximum atomic E-state index is 3.82. The van der Waals surface area contributed by atoms with Gasteiger partial charge in [-0.1, -0.05) is 34.6 Å². The molecule has 0 aromatic heterocycles. The van der Waals surface area contributed by atoms with Crippen LogP contribution in [0.5, 0.6) is 0 Å². The fraction of sp³-hybridized carbons (Fsp3) is 1.00. The molecular weight excluding hydrogens is 330 g/mol. The first-order valence-electron chi connectivity index (χ1n) is 9.59. The highest BCUT2D eigenvalue weighted by Gasteiger charge is 2.21. The Kier molecular flexibility index (Phi) is 11.2. The Morgan fingerprint density at radius 3 is 1.71 bits per heavy atom. The summed E-state index contributed by atoms with van der Waals surface area (Å²) in [6.07, 6.45) is 2.37. The third-order valence-electron chi connectivity index (χ3n) is 3.84. The average Bonchev–Trinajstić information content (AvgIpc) is 2.32. The first-order valence-corrected chi connectivity index (χ1v) is 12.7. The molecule has 5 N–H and O–H groups in total. The highest BCUT2D eigenvalue weighted by atomic mass is 28.3. The van der Waals surface area contributed by atoms with E-state index in [2.05, 4.69) is 94.1 Å². The second kappa shape index (κ2) is 11.1. The molecule has 0 amide bonds. The molecule has 0 saturated heterocycles. The number of hydrogen-bond acceptors (Lipinski definition) is 5. The van der Waals surface area contributed by atoms with Gasteiger partial charge in [0, 0.05) is 11.1 Å². The monoisotopic (exact) mass is 375 g/mol. The van der Waals surface area contributed by atoms with Crippen molar-refractivity contribution >= 4 is 19.1 Å².